The van der Waals surface area contributed by atoms with E-state index in [1.807, 2.05) is 0 Å². The number of hydrogen-bond donors (Lipinski definition) is 2. The van der Waals surface area contributed by atoms with Crippen molar-refractivity contribution in [1.29, 1.82) is 0 Å². The van der Waals surface area contributed by atoms with Crippen molar-refractivity contribution in [2.75, 3.05) is 13.2 Å². The Kier molecular flexibility index (Phi) is 6.74. The Labute approximate surface area is 83.4 Å². The first-order valence-corrected chi connectivity index (χ1v) is 4.66. The first-order chi connectivity index (χ1) is 6.60. The second-order valence-corrected chi connectivity index (χ2v) is 2.96. The molecule has 0 aromatic heterocycles. The van der Waals surface area contributed by atoms with E-state index in [1.165, 1.54) is 0 Å². The van der Waals surface area contributed by atoms with E-state index in [4.69, 9.17) is 5.11 Å². The van der Waals surface area contributed by atoms with Crippen LogP contribution in [0.15, 0.2) is 0 Å². The van der Waals surface area contributed by atoms with Gasteiger partial charge in [-0.05, 0) is 13.8 Å². The van der Waals surface area contributed by atoms with E-state index in [-0.39, 0.29) is 37.4 Å². The molecular weight excluding hydrogens is 186 g/mol. The standard InChI is InChI=1S/C9H17NO4/c1-3-14-9(13)5-4-8(12)10-7(2)6-11/h7,11H,3-6H2,1-2H3,(H,10,12)/t7-/m0/s1. The lowest BCUT2D eigenvalue weighted by Crippen LogP contribution is -2.35. The van der Waals surface area contributed by atoms with Crippen molar-refractivity contribution in [2.45, 2.75) is 32.7 Å². The number of esters is 1. The molecule has 14 heavy (non-hydrogen) atoms. The summed E-state index contributed by atoms with van der Waals surface area (Å²) in [5, 5.41) is 11.2. The summed E-state index contributed by atoms with van der Waals surface area (Å²) in [5.41, 5.74) is 0. The molecule has 0 rings (SSSR count). The fourth-order valence-electron chi connectivity index (χ4n) is 0.841. The molecule has 0 aromatic rings. The number of ether oxygens (including phenoxy) is 1. The maximum Gasteiger partial charge on any atom is 0.306 e. The van der Waals surface area contributed by atoms with E-state index in [9.17, 15) is 9.59 Å². The van der Waals surface area contributed by atoms with Gasteiger partial charge >= 0.3 is 5.97 Å². The summed E-state index contributed by atoms with van der Waals surface area (Å²) in [5.74, 6) is -0.626. The fourth-order valence-corrected chi connectivity index (χ4v) is 0.841. The Morgan fingerprint density at radius 3 is 2.57 bits per heavy atom. The SMILES string of the molecule is CCOC(=O)CCC(=O)N[C@@H](C)CO. The van der Waals surface area contributed by atoms with Crippen LogP contribution in [-0.4, -0.2) is 36.2 Å². The molecule has 0 bridgehead atoms. The Bertz CT molecular complexity index is 193. The zero-order valence-corrected chi connectivity index (χ0v) is 8.58. The molecular formula is C9H17NO4. The molecule has 82 valence electrons. The molecule has 5 nitrogen and oxygen atoms in total. The van der Waals surface area contributed by atoms with Crippen LogP contribution in [0, 0.1) is 0 Å². The van der Waals surface area contributed by atoms with Crippen LogP contribution in [0.5, 0.6) is 0 Å². The monoisotopic (exact) mass is 203 g/mol. The molecule has 2 N–H and O–H groups in total. The van der Waals surface area contributed by atoms with Crippen molar-refractivity contribution in [3.05, 3.63) is 0 Å². The number of carbonyl (C=O) groups excluding carboxylic acids is 2. The van der Waals surface area contributed by atoms with Crippen molar-refractivity contribution in [1.82, 2.24) is 5.32 Å². The zero-order chi connectivity index (χ0) is 11.0. The molecule has 5 heteroatoms. The van der Waals surface area contributed by atoms with Crippen LogP contribution in [0.2, 0.25) is 0 Å². The molecule has 0 fully saturated rings. The lowest BCUT2D eigenvalue weighted by Gasteiger charge is -2.09. The minimum absolute atomic E-state index is 0.0812. The molecule has 0 spiro atoms. The third-order valence-electron chi connectivity index (χ3n) is 1.54. The van der Waals surface area contributed by atoms with Gasteiger partial charge in [0.15, 0.2) is 0 Å². The Morgan fingerprint density at radius 2 is 2.07 bits per heavy atom. The highest BCUT2D eigenvalue weighted by atomic mass is 16.5. The van der Waals surface area contributed by atoms with Gasteiger partial charge in [-0.1, -0.05) is 0 Å². The highest BCUT2D eigenvalue weighted by molar-refractivity contribution is 5.81. The van der Waals surface area contributed by atoms with Crippen molar-refractivity contribution in [2.24, 2.45) is 0 Å². The molecule has 1 atom stereocenters. The van der Waals surface area contributed by atoms with Gasteiger partial charge in [-0.25, -0.2) is 0 Å². The summed E-state index contributed by atoms with van der Waals surface area (Å²) >= 11 is 0. The number of nitrogens with one attached hydrogen (secondary N) is 1. The van der Waals surface area contributed by atoms with Gasteiger partial charge in [0.1, 0.15) is 0 Å². The van der Waals surface area contributed by atoms with E-state index in [2.05, 4.69) is 10.1 Å². The van der Waals surface area contributed by atoms with Gasteiger partial charge in [-0.3, -0.25) is 9.59 Å². The fraction of sp³-hybridized carbons (Fsp3) is 0.778. The van der Waals surface area contributed by atoms with Crippen molar-refractivity contribution < 1.29 is 19.4 Å². The summed E-state index contributed by atoms with van der Waals surface area (Å²) < 4.78 is 4.66. The van der Waals surface area contributed by atoms with E-state index in [1.54, 1.807) is 13.8 Å². The lowest BCUT2D eigenvalue weighted by atomic mass is 10.2. The van der Waals surface area contributed by atoms with Gasteiger partial charge in [0.05, 0.1) is 19.6 Å². The highest BCUT2D eigenvalue weighted by Crippen LogP contribution is 1.93. The van der Waals surface area contributed by atoms with Gasteiger partial charge in [0, 0.05) is 12.5 Å². The van der Waals surface area contributed by atoms with Crippen LogP contribution < -0.4 is 5.32 Å². The average Bonchev–Trinajstić information content (AvgIpc) is 2.15. The average molecular weight is 203 g/mol. The first kappa shape index (κ1) is 12.9. The molecule has 0 aliphatic carbocycles. The quantitative estimate of drug-likeness (QED) is 0.587. The van der Waals surface area contributed by atoms with Gasteiger partial charge in [0.25, 0.3) is 0 Å². The Hall–Kier alpha value is -1.10. The molecule has 1 amide bonds. The van der Waals surface area contributed by atoms with E-state index < -0.39 is 0 Å². The highest BCUT2D eigenvalue weighted by Gasteiger charge is 2.09. The second-order valence-electron chi connectivity index (χ2n) is 2.96. The third-order valence-corrected chi connectivity index (χ3v) is 1.54. The minimum atomic E-state index is -0.376. The number of aliphatic hydroxyl groups is 1. The van der Waals surface area contributed by atoms with Gasteiger partial charge < -0.3 is 15.2 Å². The minimum Gasteiger partial charge on any atom is -0.466 e. The molecule has 0 heterocycles. The summed E-state index contributed by atoms with van der Waals surface area (Å²) in [6.07, 6.45) is 0.182. The lowest BCUT2D eigenvalue weighted by molar-refractivity contribution is -0.144. The number of rotatable bonds is 6. The van der Waals surface area contributed by atoms with Crippen LogP contribution in [0.4, 0.5) is 0 Å². The van der Waals surface area contributed by atoms with Crippen LogP contribution >= 0.6 is 0 Å². The number of amides is 1. The third kappa shape index (κ3) is 6.42. The smallest absolute Gasteiger partial charge is 0.306 e. The largest absolute Gasteiger partial charge is 0.466 e. The Morgan fingerprint density at radius 1 is 1.43 bits per heavy atom. The van der Waals surface area contributed by atoms with E-state index in [0.29, 0.717) is 6.61 Å². The summed E-state index contributed by atoms with van der Waals surface area (Å²) in [6, 6.07) is -0.273. The number of aliphatic hydroxyl groups excluding tert-OH is 1. The topological polar surface area (TPSA) is 75.6 Å². The van der Waals surface area contributed by atoms with Crippen LogP contribution in [-0.2, 0) is 14.3 Å². The molecule has 0 saturated heterocycles. The summed E-state index contributed by atoms with van der Waals surface area (Å²) in [6.45, 7) is 3.62. The van der Waals surface area contributed by atoms with Gasteiger partial charge in [0.2, 0.25) is 5.91 Å². The predicted molar refractivity (Wildman–Crippen MR) is 50.6 cm³/mol. The maximum absolute atomic E-state index is 11.1. The molecule has 0 unspecified atom stereocenters. The Balaban J connectivity index is 3.58. The molecule has 0 saturated carbocycles. The summed E-state index contributed by atoms with van der Waals surface area (Å²) in [7, 11) is 0. The van der Waals surface area contributed by atoms with Crippen molar-refractivity contribution >= 4 is 11.9 Å². The van der Waals surface area contributed by atoms with Crippen LogP contribution in [0.3, 0.4) is 0 Å². The second kappa shape index (κ2) is 7.32. The summed E-state index contributed by atoms with van der Waals surface area (Å²) in [4.78, 5) is 21.9. The maximum atomic E-state index is 11.1. The van der Waals surface area contributed by atoms with E-state index >= 15 is 0 Å². The normalized spacial score (nSPS) is 11.9. The first-order valence-electron chi connectivity index (χ1n) is 4.66. The van der Waals surface area contributed by atoms with Crippen LogP contribution in [0.1, 0.15) is 26.7 Å². The molecule has 0 radical (unpaired) electrons. The van der Waals surface area contributed by atoms with Crippen LogP contribution in [0.25, 0.3) is 0 Å². The van der Waals surface area contributed by atoms with Gasteiger partial charge in [-0.2, -0.15) is 0 Å². The van der Waals surface area contributed by atoms with Crippen molar-refractivity contribution in [3.63, 3.8) is 0 Å². The number of carbonyl (C=O) groups is 2. The number of hydrogen-bond acceptors (Lipinski definition) is 4. The molecule has 0 aliphatic rings. The zero-order valence-electron chi connectivity index (χ0n) is 8.58. The van der Waals surface area contributed by atoms with E-state index in [0.717, 1.165) is 0 Å². The predicted octanol–water partition coefficient (Wildman–Crippen LogP) is -0.173. The molecule has 0 aliphatic heterocycles. The van der Waals surface area contributed by atoms with Crippen molar-refractivity contribution in [3.8, 4) is 0 Å². The molecule has 0 aromatic carbocycles. The van der Waals surface area contributed by atoms with Gasteiger partial charge in [-0.15, -0.1) is 0 Å².